The van der Waals surface area contributed by atoms with Crippen LogP contribution in [0.15, 0.2) is 0 Å². The smallest absolute Gasteiger partial charge is 0.267 e. The van der Waals surface area contributed by atoms with Crippen molar-refractivity contribution in [2.75, 3.05) is 19.8 Å². The lowest BCUT2D eigenvalue weighted by molar-refractivity contribution is -0.230. The van der Waals surface area contributed by atoms with Gasteiger partial charge in [-0.2, -0.15) is 0 Å². The van der Waals surface area contributed by atoms with Crippen LogP contribution in [0.4, 0.5) is 0 Å². The molecule has 14 heavy (non-hydrogen) atoms. The van der Waals surface area contributed by atoms with Crippen LogP contribution in [0.5, 0.6) is 0 Å². The third kappa shape index (κ3) is 8.80. The number of phosphoric ester groups is 2. The fraction of sp³-hybridized carbons (Fsp3) is 1.00. The highest BCUT2D eigenvalue weighted by atomic mass is 31.2. The number of hydrogen-bond donors (Lipinski definition) is 1. The SMILES string of the molecule is CCOP(=O)([O-])OCCOP(=O)([O-])O. The Morgan fingerprint density at radius 1 is 1.14 bits per heavy atom. The van der Waals surface area contributed by atoms with Crippen molar-refractivity contribution in [3.63, 3.8) is 0 Å². The van der Waals surface area contributed by atoms with Gasteiger partial charge in [-0.25, -0.2) is 0 Å². The van der Waals surface area contributed by atoms with Gasteiger partial charge in [-0.3, -0.25) is 9.13 Å². The Morgan fingerprint density at radius 2 is 1.64 bits per heavy atom. The first-order chi connectivity index (χ1) is 6.27. The summed E-state index contributed by atoms with van der Waals surface area (Å²) >= 11 is 0. The van der Waals surface area contributed by atoms with Crippen LogP contribution >= 0.6 is 15.6 Å². The van der Waals surface area contributed by atoms with E-state index in [1.165, 1.54) is 6.92 Å². The van der Waals surface area contributed by atoms with Crippen LogP contribution in [0.25, 0.3) is 0 Å². The Bertz CT molecular complexity index is 246. The lowest BCUT2D eigenvalue weighted by Gasteiger charge is -2.22. The maximum absolute atomic E-state index is 10.7. The van der Waals surface area contributed by atoms with Crippen molar-refractivity contribution in [1.82, 2.24) is 0 Å². The second kappa shape index (κ2) is 5.95. The molecule has 0 saturated carbocycles. The molecule has 0 bridgehead atoms. The van der Waals surface area contributed by atoms with Crippen LogP contribution < -0.4 is 9.79 Å². The van der Waals surface area contributed by atoms with Crippen LogP contribution in [0.3, 0.4) is 0 Å². The zero-order chi connectivity index (χ0) is 11.2. The summed E-state index contributed by atoms with van der Waals surface area (Å²) in [4.78, 5) is 28.8. The van der Waals surface area contributed by atoms with E-state index in [1.54, 1.807) is 0 Å². The minimum absolute atomic E-state index is 0.0817. The van der Waals surface area contributed by atoms with Gasteiger partial charge in [0.25, 0.3) is 15.6 Å². The Hall–Kier alpha value is 0.220. The lowest BCUT2D eigenvalue weighted by atomic mass is 10.8. The molecular weight excluding hydrogens is 238 g/mol. The van der Waals surface area contributed by atoms with E-state index in [9.17, 15) is 18.9 Å². The molecule has 0 aliphatic rings. The van der Waals surface area contributed by atoms with Crippen molar-refractivity contribution in [2.24, 2.45) is 0 Å². The molecule has 86 valence electrons. The maximum atomic E-state index is 10.7. The van der Waals surface area contributed by atoms with Crippen molar-refractivity contribution in [3.8, 4) is 0 Å². The zero-order valence-electron chi connectivity index (χ0n) is 7.32. The van der Waals surface area contributed by atoms with Crippen LogP contribution in [0, 0.1) is 0 Å². The lowest BCUT2D eigenvalue weighted by Crippen LogP contribution is -2.13. The molecule has 0 amide bonds. The first-order valence-corrected chi connectivity index (χ1v) is 6.51. The van der Waals surface area contributed by atoms with Gasteiger partial charge in [-0.1, -0.05) is 0 Å². The van der Waals surface area contributed by atoms with Gasteiger partial charge in [0.05, 0.1) is 19.8 Å². The van der Waals surface area contributed by atoms with E-state index in [4.69, 9.17) is 4.89 Å². The van der Waals surface area contributed by atoms with Crippen LogP contribution in [-0.2, 0) is 22.7 Å². The van der Waals surface area contributed by atoms with Gasteiger partial charge in [0.1, 0.15) is 0 Å². The summed E-state index contributed by atoms with van der Waals surface area (Å²) in [5, 5.41) is 0. The summed E-state index contributed by atoms with van der Waals surface area (Å²) < 4.78 is 32.8. The molecule has 0 aromatic carbocycles. The Labute approximate surface area is 80.7 Å². The van der Waals surface area contributed by atoms with E-state index >= 15 is 0 Å². The monoisotopic (exact) mass is 248 g/mol. The van der Waals surface area contributed by atoms with Crippen LogP contribution in [0.2, 0.25) is 0 Å². The third-order valence-corrected chi connectivity index (χ3v) is 2.46. The van der Waals surface area contributed by atoms with Crippen molar-refractivity contribution in [3.05, 3.63) is 0 Å². The molecule has 2 atom stereocenters. The van der Waals surface area contributed by atoms with Crippen molar-refractivity contribution < 1.29 is 37.4 Å². The molecular formula is C4H10O8P2-2. The summed E-state index contributed by atoms with van der Waals surface area (Å²) in [5.74, 6) is 0. The molecule has 0 aromatic rings. The topological polar surface area (TPSA) is 128 Å². The molecule has 0 aromatic heterocycles. The van der Waals surface area contributed by atoms with Gasteiger partial charge in [0, 0.05) is 0 Å². The molecule has 10 heteroatoms. The molecule has 0 spiro atoms. The second-order valence-corrected chi connectivity index (χ2v) is 4.61. The highest BCUT2D eigenvalue weighted by molar-refractivity contribution is 7.46. The molecule has 0 heterocycles. The second-order valence-electron chi connectivity index (χ2n) is 2.00. The van der Waals surface area contributed by atoms with E-state index in [2.05, 4.69) is 13.6 Å². The average Bonchev–Trinajstić information content (AvgIpc) is 1.96. The molecule has 0 fully saturated rings. The fourth-order valence-electron chi connectivity index (χ4n) is 0.497. The summed E-state index contributed by atoms with van der Waals surface area (Å²) in [7, 11) is -9.20. The molecule has 0 aliphatic heterocycles. The summed E-state index contributed by atoms with van der Waals surface area (Å²) in [6.45, 7) is 0.218. The standard InChI is InChI=1S/C4H12O8P2/c1-2-10-14(8,9)12-4-3-11-13(5,6)7/h2-4H2,1H3,(H,8,9)(H2,5,6,7)/p-2. The summed E-state index contributed by atoms with van der Waals surface area (Å²) in [6.07, 6.45) is 0. The zero-order valence-corrected chi connectivity index (χ0v) is 9.11. The highest BCUT2D eigenvalue weighted by Gasteiger charge is 2.08. The summed E-state index contributed by atoms with van der Waals surface area (Å²) in [5.41, 5.74) is 0. The molecule has 2 unspecified atom stereocenters. The van der Waals surface area contributed by atoms with Gasteiger partial charge < -0.3 is 28.3 Å². The Balaban J connectivity index is 3.64. The predicted octanol–water partition coefficient (Wildman–Crippen LogP) is -1.01. The molecule has 0 rings (SSSR count). The Kier molecular flexibility index (Phi) is 6.04. The van der Waals surface area contributed by atoms with Crippen molar-refractivity contribution >= 4 is 15.6 Å². The van der Waals surface area contributed by atoms with E-state index < -0.39 is 28.9 Å². The minimum Gasteiger partial charge on any atom is -0.756 e. The van der Waals surface area contributed by atoms with Gasteiger partial charge in [-0.05, 0) is 6.92 Å². The van der Waals surface area contributed by atoms with Gasteiger partial charge >= 0.3 is 0 Å². The molecule has 0 saturated heterocycles. The molecule has 8 nitrogen and oxygen atoms in total. The van der Waals surface area contributed by atoms with E-state index in [-0.39, 0.29) is 6.61 Å². The normalized spacial score (nSPS) is 20.0. The number of rotatable bonds is 7. The van der Waals surface area contributed by atoms with Crippen molar-refractivity contribution in [1.29, 1.82) is 0 Å². The van der Waals surface area contributed by atoms with E-state index in [0.717, 1.165) is 0 Å². The quantitative estimate of drug-likeness (QED) is 0.448. The first kappa shape index (κ1) is 14.2. The highest BCUT2D eigenvalue weighted by Crippen LogP contribution is 2.38. The van der Waals surface area contributed by atoms with Gasteiger partial charge in [-0.15, -0.1) is 0 Å². The number of phosphoric acid groups is 2. The average molecular weight is 248 g/mol. The largest absolute Gasteiger partial charge is 0.756 e. The molecule has 1 N–H and O–H groups in total. The molecule has 0 aliphatic carbocycles. The van der Waals surface area contributed by atoms with E-state index in [0.29, 0.717) is 0 Å². The van der Waals surface area contributed by atoms with E-state index in [1.807, 2.05) is 0 Å². The van der Waals surface area contributed by atoms with Crippen LogP contribution in [-0.4, -0.2) is 24.7 Å². The maximum Gasteiger partial charge on any atom is 0.267 e. The molecule has 0 radical (unpaired) electrons. The first-order valence-electron chi connectivity index (χ1n) is 3.55. The summed E-state index contributed by atoms with van der Waals surface area (Å²) in [6, 6.07) is 0. The minimum atomic E-state index is -4.83. The predicted molar refractivity (Wildman–Crippen MR) is 41.0 cm³/mol. The van der Waals surface area contributed by atoms with Crippen LogP contribution in [0.1, 0.15) is 6.92 Å². The van der Waals surface area contributed by atoms with Gasteiger partial charge in [0.15, 0.2) is 0 Å². The van der Waals surface area contributed by atoms with Crippen molar-refractivity contribution in [2.45, 2.75) is 6.92 Å². The Morgan fingerprint density at radius 3 is 2.07 bits per heavy atom. The fourth-order valence-corrected chi connectivity index (χ4v) is 1.49. The van der Waals surface area contributed by atoms with Gasteiger partial charge in [0.2, 0.25) is 0 Å². The third-order valence-electron chi connectivity index (χ3n) is 0.874. The number of hydrogen-bond acceptors (Lipinski definition) is 7.